The second-order valence-electron chi connectivity index (χ2n) is 13.4. The summed E-state index contributed by atoms with van der Waals surface area (Å²) in [4.78, 5) is 90.8. The van der Waals surface area contributed by atoms with Crippen molar-refractivity contribution in [1.29, 1.82) is 0 Å². The van der Waals surface area contributed by atoms with Crippen molar-refractivity contribution in [2.75, 3.05) is 20.3 Å². The largest absolute Gasteiger partial charge is 0.465 e. The van der Waals surface area contributed by atoms with Crippen LogP contribution in [-0.2, 0) is 61.8 Å². The topological polar surface area (TPSA) is 203 Å². The molecule has 3 aromatic rings. The highest BCUT2D eigenvalue weighted by molar-refractivity contribution is 8.17. The Bertz CT molecular complexity index is 1970. The van der Waals surface area contributed by atoms with Gasteiger partial charge in [0.2, 0.25) is 0 Å². The number of methoxy groups -OCH3 is 1. The Hall–Kier alpha value is -5.43. The molecule has 2 aliphatic rings. The number of hydrogen-bond acceptors (Lipinski definition) is 18. The van der Waals surface area contributed by atoms with Crippen LogP contribution >= 0.6 is 23.5 Å². The molecule has 0 radical (unpaired) electrons. The Labute approximate surface area is 354 Å². The minimum atomic E-state index is -1.47. The second-order valence-corrected chi connectivity index (χ2v) is 16.4. The molecule has 2 fully saturated rings. The zero-order valence-electron chi connectivity index (χ0n) is 33.2. The van der Waals surface area contributed by atoms with E-state index in [-0.39, 0.29) is 23.3 Å². The summed E-state index contributed by atoms with van der Waals surface area (Å²) < 4.78 is 51.6. The lowest BCUT2D eigenvalue weighted by Gasteiger charge is -2.48. The standard InChI is InChI=1S/C42H44O16S2/c1-23(43)51-22-31-32(53-24(2)44)33(54-25(3)45)36(55-26(4)46)42(59-31)60-37-30(21-52-38(47)27-15-9-6-10-16-27)56-41(50-5)35(58-40(49)29-19-13-8-14-20-29)34(37)57-39(48)28-17-11-7-12-18-28/h6-20,30-37,41-42H,21-22H2,1-5H3/t30-,31-,32-,33+,34-,35-,36-,37-,41+,42-/m1/s1. The molecule has 0 bridgehead atoms. The van der Waals surface area contributed by atoms with Crippen molar-refractivity contribution >= 4 is 65.3 Å². The van der Waals surface area contributed by atoms with Crippen LogP contribution in [0, 0.1) is 0 Å². The average Bonchev–Trinajstić information content (AvgIpc) is 3.23. The van der Waals surface area contributed by atoms with Gasteiger partial charge in [0, 0.05) is 34.8 Å². The van der Waals surface area contributed by atoms with Crippen LogP contribution in [0.5, 0.6) is 0 Å². The van der Waals surface area contributed by atoms with Gasteiger partial charge in [-0.1, -0.05) is 54.6 Å². The van der Waals surface area contributed by atoms with E-state index in [1.54, 1.807) is 66.7 Å². The van der Waals surface area contributed by atoms with Crippen molar-refractivity contribution in [2.24, 2.45) is 0 Å². The van der Waals surface area contributed by atoms with E-state index < -0.39 is 106 Å². The fourth-order valence-corrected chi connectivity index (χ4v) is 10.1. The molecule has 3 aromatic carbocycles. The zero-order valence-corrected chi connectivity index (χ0v) is 34.8. The van der Waals surface area contributed by atoms with Gasteiger partial charge in [-0.25, -0.2) is 14.4 Å². The maximum absolute atomic E-state index is 14.0. The van der Waals surface area contributed by atoms with Crippen LogP contribution in [-0.4, -0.2) is 120 Å². The molecule has 2 saturated heterocycles. The molecule has 0 aromatic heterocycles. The van der Waals surface area contributed by atoms with Crippen LogP contribution in [0.1, 0.15) is 58.8 Å². The van der Waals surface area contributed by atoms with Crippen LogP contribution in [0.25, 0.3) is 0 Å². The molecule has 0 unspecified atom stereocenters. The quantitative estimate of drug-likeness (QED) is 0.152. The van der Waals surface area contributed by atoms with Crippen molar-refractivity contribution in [3.8, 4) is 0 Å². The number of carbonyl (C=O) groups excluding carboxylic acids is 7. The number of thioether (sulfide) groups is 2. The van der Waals surface area contributed by atoms with Gasteiger partial charge >= 0.3 is 41.8 Å². The molecule has 0 spiro atoms. The summed E-state index contributed by atoms with van der Waals surface area (Å²) in [6.45, 7) is 3.76. The van der Waals surface area contributed by atoms with Gasteiger partial charge in [-0.2, -0.15) is 0 Å². The Morgan fingerprint density at radius 2 is 1.00 bits per heavy atom. The molecule has 2 aliphatic heterocycles. The molecule has 2 heterocycles. The molecule has 320 valence electrons. The molecule has 0 amide bonds. The van der Waals surface area contributed by atoms with Gasteiger partial charge < -0.3 is 42.6 Å². The maximum atomic E-state index is 14.0. The van der Waals surface area contributed by atoms with Gasteiger partial charge in [-0.05, 0) is 36.4 Å². The molecule has 18 heteroatoms. The molecule has 10 atom stereocenters. The van der Waals surface area contributed by atoms with Crippen LogP contribution in [0.4, 0.5) is 0 Å². The number of benzene rings is 3. The molecular formula is C42H44O16S2. The predicted octanol–water partition coefficient (Wildman–Crippen LogP) is 4.57. The van der Waals surface area contributed by atoms with Gasteiger partial charge in [0.1, 0.15) is 19.3 Å². The normalized spacial score (nSPS) is 26.0. The molecule has 16 nitrogen and oxygen atoms in total. The molecule has 60 heavy (non-hydrogen) atoms. The SMILES string of the molecule is CO[C@H]1O[C@H](COC(=O)c2ccccc2)[C@@H](S[C@H]2S[C@H](COC(C)=O)[C@@H](OC(C)=O)[C@H](OC(C)=O)[C@H]2OC(C)=O)[C@H](OC(=O)c2ccccc2)[C@H]1OC(=O)c1ccccc1. The van der Waals surface area contributed by atoms with Crippen molar-refractivity contribution < 1.29 is 76.2 Å². The van der Waals surface area contributed by atoms with Gasteiger partial charge in [0.25, 0.3) is 0 Å². The van der Waals surface area contributed by atoms with Gasteiger partial charge in [0.05, 0.1) is 31.8 Å². The number of ether oxygens (including phenoxy) is 9. The Kier molecular flexibility index (Phi) is 16.5. The summed E-state index contributed by atoms with van der Waals surface area (Å²) in [6, 6.07) is 24.2. The van der Waals surface area contributed by atoms with Crippen molar-refractivity contribution in [1.82, 2.24) is 0 Å². The summed E-state index contributed by atoms with van der Waals surface area (Å²) in [6.07, 6.45) is -9.61. The smallest absolute Gasteiger partial charge is 0.338 e. The summed E-state index contributed by atoms with van der Waals surface area (Å²) in [5.74, 6) is -5.37. The highest BCUT2D eigenvalue weighted by atomic mass is 32.2. The fraction of sp³-hybridized carbons (Fsp3) is 0.405. The third-order valence-electron chi connectivity index (χ3n) is 8.96. The minimum absolute atomic E-state index is 0.146. The third kappa shape index (κ3) is 12.3. The predicted molar refractivity (Wildman–Crippen MR) is 214 cm³/mol. The number of hydrogen-bond donors (Lipinski definition) is 0. The monoisotopic (exact) mass is 868 g/mol. The van der Waals surface area contributed by atoms with E-state index in [0.29, 0.717) is 0 Å². The van der Waals surface area contributed by atoms with Gasteiger partial charge in [0.15, 0.2) is 36.8 Å². The Morgan fingerprint density at radius 1 is 0.533 bits per heavy atom. The second kappa shape index (κ2) is 21.7. The molecule has 5 rings (SSSR count). The van der Waals surface area contributed by atoms with E-state index in [9.17, 15) is 33.6 Å². The lowest BCUT2D eigenvalue weighted by atomic mass is 10.0. The molecular weight excluding hydrogens is 825 g/mol. The third-order valence-corrected chi connectivity index (χ3v) is 12.3. The first-order valence-corrected chi connectivity index (χ1v) is 20.5. The average molecular weight is 869 g/mol. The molecule has 0 aliphatic carbocycles. The highest BCUT2D eigenvalue weighted by Gasteiger charge is 2.57. The van der Waals surface area contributed by atoms with E-state index >= 15 is 0 Å². The maximum Gasteiger partial charge on any atom is 0.338 e. The first kappa shape index (κ1) is 45.7. The van der Waals surface area contributed by atoms with Crippen molar-refractivity contribution in [2.45, 2.75) is 85.7 Å². The van der Waals surface area contributed by atoms with E-state index in [1.165, 1.54) is 38.3 Å². The fourth-order valence-electron chi connectivity index (χ4n) is 6.43. The van der Waals surface area contributed by atoms with E-state index in [2.05, 4.69) is 0 Å². The van der Waals surface area contributed by atoms with Crippen molar-refractivity contribution in [3.05, 3.63) is 108 Å². The molecule has 0 saturated carbocycles. The summed E-state index contributed by atoms with van der Waals surface area (Å²) in [5, 5.41) is -2.08. The van der Waals surface area contributed by atoms with Crippen LogP contribution < -0.4 is 0 Å². The van der Waals surface area contributed by atoms with Crippen molar-refractivity contribution in [3.63, 3.8) is 0 Å². The first-order valence-electron chi connectivity index (χ1n) is 18.6. The highest BCUT2D eigenvalue weighted by Crippen LogP contribution is 2.48. The van der Waals surface area contributed by atoms with Crippen LogP contribution in [0.2, 0.25) is 0 Å². The van der Waals surface area contributed by atoms with E-state index in [4.69, 9.17) is 42.6 Å². The number of carbonyl (C=O) groups is 7. The summed E-state index contributed by atoms with van der Waals surface area (Å²) >= 11 is 2.05. The van der Waals surface area contributed by atoms with Crippen LogP contribution in [0.15, 0.2) is 91.0 Å². The van der Waals surface area contributed by atoms with Gasteiger partial charge in [-0.15, -0.1) is 23.5 Å². The first-order chi connectivity index (χ1) is 28.7. The number of esters is 7. The van der Waals surface area contributed by atoms with Gasteiger partial charge in [-0.3, -0.25) is 19.2 Å². The summed E-state index contributed by atoms with van der Waals surface area (Å²) in [5.41, 5.74) is 0.539. The lowest BCUT2D eigenvalue weighted by Crippen LogP contribution is -2.62. The van der Waals surface area contributed by atoms with Crippen LogP contribution in [0.3, 0.4) is 0 Å². The summed E-state index contributed by atoms with van der Waals surface area (Å²) in [7, 11) is 1.29. The van der Waals surface area contributed by atoms with E-state index in [1.807, 2.05) is 0 Å². The van der Waals surface area contributed by atoms with E-state index in [0.717, 1.165) is 44.3 Å². The number of rotatable bonds is 15. The Balaban J connectivity index is 1.63. The zero-order chi connectivity index (χ0) is 43.3. The lowest BCUT2D eigenvalue weighted by molar-refractivity contribution is -0.258. The molecule has 0 N–H and O–H groups in total. The Morgan fingerprint density at radius 3 is 1.48 bits per heavy atom. The minimum Gasteiger partial charge on any atom is -0.465 e.